The molecule has 0 N–H and O–H groups in total. The Hall–Kier alpha value is -1.97. The second-order valence-electron chi connectivity index (χ2n) is 6.98. The zero-order valence-electron chi connectivity index (χ0n) is 15.4. The van der Waals surface area contributed by atoms with Crippen LogP contribution in [0.4, 0.5) is 0 Å². The smallest absolute Gasteiger partial charge is 0.153 e. The Labute approximate surface area is 173 Å². The van der Waals surface area contributed by atoms with Crippen molar-refractivity contribution in [3.63, 3.8) is 0 Å². The van der Waals surface area contributed by atoms with Gasteiger partial charge in [0.25, 0.3) is 0 Å². The van der Waals surface area contributed by atoms with E-state index < -0.39 is 0 Å². The van der Waals surface area contributed by atoms with E-state index in [0.717, 1.165) is 47.2 Å². The summed E-state index contributed by atoms with van der Waals surface area (Å²) in [6.07, 6.45) is 3.32. The molecule has 138 valence electrons. The fraction of sp³-hybridized carbons (Fsp3) is 0.217. The summed E-state index contributed by atoms with van der Waals surface area (Å²) in [5, 5.41) is 0.732. The van der Waals surface area contributed by atoms with E-state index in [-0.39, 0.29) is 0 Å². The van der Waals surface area contributed by atoms with Gasteiger partial charge in [-0.05, 0) is 67.3 Å². The highest BCUT2D eigenvalue weighted by molar-refractivity contribution is 9.10. The van der Waals surface area contributed by atoms with Crippen LogP contribution in [0.2, 0.25) is 5.02 Å². The maximum atomic E-state index is 6.28. The topological polar surface area (TPSA) is 16.4 Å². The number of benzene rings is 2. The van der Waals surface area contributed by atoms with E-state index in [1.54, 1.807) is 0 Å². The summed E-state index contributed by atoms with van der Waals surface area (Å²) in [5.41, 5.74) is 5.93. The summed E-state index contributed by atoms with van der Waals surface area (Å²) >= 11 is 9.75. The Morgan fingerprint density at radius 1 is 1.07 bits per heavy atom. The van der Waals surface area contributed by atoms with Crippen LogP contribution in [0.25, 0.3) is 17.0 Å². The third kappa shape index (κ3) is 3.71. The molecule has 0 saturated heterocycles. The molecule has 1 aromatic heterocycles. The summed E-state index contributed by atoms with van der Waals surface area (Å²) in [4.78, 5) is 2.40. The van der Waals surface area contributed by atoms with E-state index in [2.05, 4.69) is 65.0 Å². The number of aryl methyl sites for hydroxylation is 2. The van der Waals surface area contributed by atoms with Crippen molar-refractivity contribution >= 4 is 33.2 Å². The highest BCUT2D eigenvalue weighted by Gasteiger charge is 2.23. The van der Waals surface area contributed by atoms with Crippen molar-refractivity contribution in [1.29, 1.82) is 0 Å². The van der Waals surface area contributed by atoms with Crippen molar-refractivity contribution in [3.8, 4) is 11.3 Å². The van der Waals surface area contributed by atoms with Gasteiger partial charge in [-0.2, -0.15) is 0 Å². The molecule has 1 aliphatic heterocycles. The van der Waals surface area contributed by atoms with Crippen molar-refractivity contribution in [1.82, 2.24) is 4.90 Å². The van der Waals surface area contributed by atoms with Crippen LogP contribution in [0, 0.1) is 13.8 Å². The van der Waals surface area contributed by atoms with Gasteiger partial charge in [0.15, 0.2) is 5.76 Å². The Morgan fingerprint density at radius 2 is 1.85 bits per heavy atom. The minimum absolute atomic E-state index is 0.732. The van der Waals surface area contributed by atoms with Gasteiger partial charge in [-0.3, -0.25) is 0 Å². The van der Waals surface area contributed by atoms with E-state index in [9.17, 15) is 0 Å². The van der Waals surface area contributed by atoms with Gasteiger partial charge < -0.3 is 9.32 Å². The molecule has 3 aromatic rings. The van der Waals surface area contributed by atoms with Crippen LogP contribution in [0.1, 0.15) is 28.9 Å². The largest absolute Gasteiger partial charge is 0.454 e. The highest BCUT2D eigenvalue weighted by atomic mass is 79.9. The van der Waals surface area contributed by atoms with Crippen LogP contribution in [0.5, 0.6) is 0 Å². The summed E-state index contributed by atoms with van der Waals surface area (Å²) in [6.45, 7) is 6.11. The van der Waals surface area contributed by atoms with Crippen LogP contribution < -0.4 is 0 Å². The quantitative estimate of drug-likeness (QED) is 0.424. The van der Waals surface area contributed by atoms with Crippen LogP contribution in [0.15, 0.2) is 63.5 Å². The standard InChI is InChI=1S/C23H21BrClNO/c1-15-5-3-6-18(22(15)24)14-26-12-4-7-20(26)23-16(2)13-21(27-23)17-8-10-19(25)11-9-17/h3,5-11,13H,4,12,14H2,1-2H3. The summed E-state index contributed by atoms with van der Waals surface area (Å²) in [6, 6.07) is 16.3. The van der Waals surface area contributed by atoms with Gasteiger partial charge in [-0.15, -0.1) is 0 Å². The second kappa shape index (κ2) is 7.57. The molecule has 0 aliphatic carbocycles. The average molecular weight is 443 g/mol. The van der Waals surface area contributed by atoms with Gasteiger partial charge >= 0.3 is 0 Å². The van der Waals surface area contributed by atoms with Gasteiger partial charge in [0, 0.05) is 28.1 Å². The van der Waals surface area contributed by atoms with Gasteiger partial charge in [-0.25, -0.2) is 0 Å². The van der Waals surface area contributed by atoms with Gasteiger partial charge in [-0.1, -0.05) is 51.8 Å². The Bertz CT molecular complexity index is 1000. The van der Waals surface area contributed by atoms with Crippen molar-refractivity contribution in [2.45, 2.75) is 26.8 Å². The monoisotopic (exact) mass is 441 g/mol. The van der Waals surface area contributed by atoms with E-state index in [1.807, 2.05) is 24.3 Å². The fourth-order valence-electron chi connectivity index (χ4n) is 3.54. The average Bonchev–Trinajstić information content (AvgIpc) is 3.26. The summed E-state index contributed by atoms with van der Waals surface area (Å²) < 4.78 is 7.47. The number of nitrogens with zero attached hydrogens (tertiary/aromatic N) is 1. The van der Waals surface area contributed by atoms with Crippen LogP contribution >= 0.6 is 27.5 Å². The molecule has 0 unspecified atom stereocenters. The van der Waals surface area contributed by atoms with Crippen LogP contribution in [-0.2, 0) is 6.54 Å². The number of halogens is 2. The molecule has 4 heteroatoms. The summed E-state index contributed by atoms with van der Waals surface area (Å²) in [7, 11) is 0. The number of hydrogen-bond donors (Lipinski definition) is 0. The third-order valence-electron chi connectivity index (χ3n) is 4.99. The molecule has 0 atom stereocenters. The fourth-order valence-corrected chi connectivity index (χ4v) is 4.05. The molecule has 2 heterocycles. The predicted molar refractivity (Wildman–Crippen MR) is 116 cm³/mol. The van der Waals surface area contributed by atoms with Gasteiger partial charge in [0.05, 0.1) is 5.70 Å². The highest BCUT2D eigenvalue weighted by Crippen LogP contribution is 2.35. The van der Waals surface area contributed by atoms with Gasteiger partial charge in [0.2, 0.25) is 0 Å². The van der Waals surface area contributed by atoms with Crippen molar-refractivity contribution in [2.24, 2.45) is 0 Å². The minimum Gasteiger partial charge on any atom is -0.454 e. The molecule has 4 rings (SSSR count). The van der Waals surface area contributed by atoms with Crippen LogP contribution in [0.3, 0.4) is 0 Å². The molecule has 0 bridgehead atoms. The van der Waals surface area contributed by atoms with Crippen molar-refractivity contribution < 1.29 is 4.42 Å². The van der Waals surface area contributed by atoms with E-state index >= 15 is 0 Å². The maximum Gasteiger partial charge on any atom is 0.153 e. The third-order valence-corrected chi connectivity index (χ3v) is 6.38. The predicted octanol–water partition coefficient (Wildman–Crippen LogP) is 7.23. The zero-order chi connectivity index (χ0) is 19.0. The molecular weight excluding hydrogens is 422 g/mol. The van der Waals surface area contributed by atoms with Gasteiger partial charge in [0.1, 0.15) is 5.76 Å². The Morgan fingerprint density at radius 3 is 2.63 bits per heavy atom. The molecular formula is C23H21BrClNO. The molecule has 0 saturated carbocycles. The molecule has 1 aliphatic rings. The lowest BCUT2D eigenvalue weighted by atomic mass is 10.1. The first-order valence-electron chi connectivity index (χ1n) is 9.09. The Kier molecular flexibility index (Phi) is 5.16. The van der Waals surface area contributed by atoms with Crippen molar-refractivity contribution in [3.05, 3.63) is 86.6 Å². The maximum absolute atomic E-state index is 6.28. The summed E-state index contributed by atoms with van der Waals surface area (Å²) in [5.74, 6) is 1.84. The normalized spacial score (nSPS) is 13.9. The number of hydrogen-bond acceptors (Lipinski definition) is 2. The molecule has 0 amide bonds. The molecule has 2 nitrogen and oxygen atoms in total. The molecule has 27 heavy (non-hydrogen) atoms. The second-order valence-corrected chi connectivity index (χ2v) is 8.21. The molecule has 0 radical (unpaired) electrons. The first-order chi connectivity index (χ1) is 13.0. The zero-order valence-corrected chi connectivity index (χ0v) is 17.8. The first-order valence-corrected chi connectivity index (χ1v) is 10.3. The van der Waals surface area contributed by atoms with Crippen molar-refractivity contribution in [2.75, 3.05) is 6.54 Å². The molecule has 0 fully saturated rings. The lowest BCUT2D eigenvalue weighted by Crippen LogP contribution is -2.19. The minimum atomic E-state index is 0.732. The SMILES string of the molecule is Cc1cc(-c2ccc(Cl)cc2)oc1C1=CCCN1Cc1cccc(C)c1Br. The molecule has 0 spiro atoms. The van der Waals surface area contributed by atoms with E-state index in [0.29, 0.717) is 0 Å². The Balaban J connectivity index is 1.62. The first kappa shape index (κ1) is 18.4. The van der Waals surface area contributed by atoms with Crippen LogP contribution in [-0.4, -0.2) is 11.4 Å². The van der Waals surface area contributed by atoms with E-state index in [4.69, 9.17) is 16.0 Å². The lowest BCUT2D eigenvalue weighted by Gasteiger charge is -2.23. The number of rotatable bonds is 4. The number of furan rings is 1. The molecule has 2 aromatic carbocycles. The van der Waals surface area contributed by atoms with E-state index in [1.165, 1.54) is 21.3 Å². The lowest BCUT2D eigenvalue weighted by molar-refractivity contribution is 0.404.